The first kappa shape index (κ1) is 12.3. The molecule has 0 aliphatic carbocycles. The normalized spacial score (nSPS) is 22.2. The van der Waals surface area contributed by atoms with Crippen LogP contribution in [0.1, 0.15) is 30.6 Å². The van der Waals surface area contributed by atoms with Crippen LogP contribution < -0.4 is 10.4 Å². The summed E-state index contributed by atoms with van der Waals surface area (Å²) in [4.78, 5) is 34.5. The number of carboxylic acids is 1. The molecule has 0 bridgehead atoms. The molecule has 0 saturated heterocycles. The van der Waals surface area contributed by atoms with Gasteiger partial charge >= 0.3 is 17.6 Å². The summed E-state index contributed by atoms with van der Waals surface area (Å²) in [5.41, 5.74) is -0.509. The van der Waals surface area contributed by atoms with Crippen LogP contribution in [0.3, 0.4) is 0 Å². The Morgan fingerprint density at radius 3 is 2.67 bits per heavy atom. The Labute approximate surface area is 102 Å². The van der Waals surface area contributed by atoms with Gasteiger partial charge in [0.25, 0.3) is 0 Å². The first-order valence-corrected chi connectivity index (χ1v) is 5.54. The van der Waals surface area contributed by atoms with Crippen molar-refractivity contribution < 1.29 is 23.8 Å². The van der Waals surface area contributed by atoms with Gasteiger partial charge in [-0.15, -0.1) is 0 Å². The van der Waals surface area contributed by atoms with E-state index in [9.17, 15) is 14.4 Å². The van der Waals surface area contributed by atoms with Crippen molar-refractivity contribution in [2.45, 2.75) is 26.2 Å². The Hall–Kier alpha value is -2.11. The van der Waals surface area contributed by atoms with Gasteiger partial charge in [0.05, 0.1) is 5.56 Å². The van der Waals surface area contributed by atoms with Gasteiger partial charge in [-0.25, -0.2) is 4.79 Å². The SMILES string of the molecule is CC[C@H]1c2c(cc(C)oc2=O)OC(=O)[C@@H]1C(=O)O. The van der Waals surface area contributed by atoms with Crippen molar-refractivity contribution in [3.63, 3.8) is 0 Å². The zero-order chi connectivity index (χ0) is 13.4. The van der Waals surface area contributed by atoms with Crippen molar-refractivity contribution in [2.24, 2.45) is 5.92 Å². The van der Waals surface area contributed by atoms with Crippen molar-refractivity contribution in [1.82, 2.24) is 0 Å². The minimum absolute atomic E-state index is 0.109. The predicted molar refractivity (Wildman–Crippen MR) is 59.5 cm³/mol. The first-order valence-electron chi connectivity index (χ1n) is 5.54. The lowest BCUT2D eigenvalue weighted by molar-refractivity contribution is -0.155. The van der Waals surface area contributed by atoms with Crippen LogP contribution in [0.4, 0.5) is 0 Å². The average Bonchev–Trinajstić information content (AvgIpc) is 2.25. The molecule has 0 spiro atoms. The Morgan fingerprint density at radius 2 is 2.11 bits per heavy atom. The van der Waals surface area contributed by atoms with E-state index < -0.39 is 29.4 Å². The minimum atomic E-state index is -1.35. The molecule has 0 radical (unpaired) electrons. The fraction of sp³-hybridized carbons (Fsp3) is 0.417. The van der Waals surface area contributed by atoms with E-state index in [-0.39, 0.29) is 11.3 Å². The number of carbonyl (C=O) groups excluding carboxylic acids is 1. The van der Waals surface area contributed by atoms with E-state index in [0.717, 1.165) is 0 Å². The zero-order valence-electron chi connectivity index (χ0n) is 9.93. The number of aliphatic carboxylic acids is 1. The number of carboxylic acid groups (broad SMARTS) is 1. The number of hydrogen-bond acceptors (Lipinski definition) is 5. The topological polar surface area (TPSA) is 93.8 Å². The summed E-state index contributed by atoms with van der Waals surface area (Å²) in [5, 5.41) is 9.05. The molecule has 96 valence electrons. The molecule has 0 fully saturated rings. The van der Waals surface area contributed by atoms with E-state index in [0.29, 0.717) is 12.2 Å². The standard InChI is InChI=1S/C12H12O6/c1-3-6-8-7(4-5(2)17-11(8)15)18-12(16)9(6)10(13)14/h4,6,9H,3H2,1-2H3,(H,13,14)/t6-,9-/m0/s1. The van der Waals surface area contributed by atoms with Crippen LogP contribution in [0.5, 0.6) is 5.75 Å². The summed E-state index contributed by atoms with van der Waals surface area (Å²) in [7, 11) is 0. The maximum absolute atomic E-state index is 11.8. The van der Waals surface area contributed by atoms with Gasteiger partial charge in [-0.05, 0) is 13.3 Å². The van der Waals surface area contributed by atoms with Gasteiger partial charge in [-0.2, -0.15) is 0 Å². The second-order valence-electron chi connectivity index (χ2n) is 4.17. The van der Waals surface area contributed by atoms with E-state index in [2.05, 4.69) is 0 Å². The number of hydrogen-bond donors (Lipinski definition) is 1. The lowest BCUT2D eigenvalue weighted by Crippen LogP contribution is -2.39. The molecule has 1 aliphatic rings. The summed E-state index contributed by atoms with van der Waals surface area (Å²) in [6.07, 6.45) is 0.340. The van der Waals surface area contributed by atoms with E-state index in [1.54, 1.807) is 13.8 Å². The molecule has 0 saturated carbocycles. The lowest BCUT2D eigenvalue weighted by Gasteiger charge is -2.27. The molecule has 0 unspecified atom stereocenters. The van der Waals surface area contributed by atoms with E-state index in [4.69, 9.17) is 14.3 Å². The Balaban J connectivity index is 2.65. The summed E-state index contributed by atoms with van der Waals surface area (Å²) < 4.78 is 9.85. The van der Waals surface area contributed by atoms with E-state index in [1.165, 1.54) is 6.07 Å². The van der Waals surface area contributed by atoms with Crippen molar-refractivity contribution in [3.8, 4) is 5.75 Å². The Morgan fingerprint density at radius 1 is 1.44 bits per heavy atom. The Kier molecular flexibility index (Phi) is 2.94. The van der Waals surface area contributed by atoms with Crippen molar-refractivity contribution in [3.05, 3.63) is 27.8 Å². The highest BCUT2D eigenvalue weighted by Crippen LogP contribution is 2.38. The van der Waals surface area contributed by atoms with Gasteiger partial charge in [0.1, 0.15) is 11.5 Å². The highest BCUT2D eigenvalue weighted by Gasteiger charge is 2.43. The van der Waals surface area contributed by atoms with Gasteiger partial charge in [0.15, 0.2) is 5.92 Å². The van der Waals surface area contributed by atoms with Gasteiger partial charge in [0, 0.05) is 12.0 Å². The van der Waals surface area contributed by atoms with Crippen LogP contribution in [0, 0.1) is 12.8 Å². The fourth-order valence-electron chi connectivity index (χ4n) is 2.23. The van der Waals surface area contributed by atoms with Gasteiger partial charge in [-0.3, -0.25) is 9.59 Å². The second-order valence-corrected chi connectivity index (χ2v) is 4.17. The highest BCUT2D eigenvalue weighted by molar-refractivity contribution is 5.97. The van der Waals surface area contributed by atoms with Crippen molar-refractivity contribution >= 4 is 11.9 Å². The minimum Gasteiger partial charge on any atom is -0.481 e. The van der Waals surface area contributed by atoms with Gasteiger partial charge in [-0.1, -0.05) is 6.92 Å². The van der Waals surface area contributed by atoms with E-state index >= 15 is 0 Å². The quantitative estimate of drug-likeness (QED) is 0.624. The third-order valence-electron chi connectivity index (χ3n) is 3.02. The third-order valence-corrected chi connectivity index (χ3v) is 3.02. The van der Waals surface area contributed by atoms with Crippen LogP contribution in [0.15, 0.2) is 15.3 Å². The highest BCUT2D eigenvalue weighted by atomic mass is 16.5. The summed E-state index contributed by atoms with van der Waals surface area (Å²) in [5.74, 6) is -3.78. The maximum atomic E-state index is 11.8. The number of carbonyl (C=O) groups is 2. The Bertz CT molecular complexity index is 570. The zero-order valence-corrected chi connectivity index (χ0v) is 9.93. The van der Waals surface area contributed by atoms with Crippen molar-refractivity contribution in [2.75, 3.05) is 0 Å². The average molecular weight is 252 g/mol. The molecule has 2 heterocycles. The molecule has 1 N–H and O–H groups in total. The molecular weight excluding hydrogens is 240 g/mol. The van der Waals surface area contributed by atoms with Crippen LogP contribution in [-0.2, 0) is 9.59 Å². The second kappa shape index (κ2) is 4.29. The molecule has 0 aromatic carbocycles. The van der Waals surface area contributed by atoms with E-state index in [1.807, 2.05) is 0 Å². The van der Waals surface area contributed by atoms with Gasteiger partial charge in [0.2, 0.25) is 0 Å². The predicted octanol–water partition coefficient (Wildman–Crippen LogP) is 1.06. The fourth-order valence-corrected chi connectivity index (χ4v) is 2.23. The van der Waals surface area contributed by atoms with Crippen molar-refractivity contribution in [1.29, 1.82) is 0 Å². The number of esters is 1. The van der Waals surface area contributed by atoms with Gasteiger partial charge < -0.3 is 14.3 Å². The number of ether oxygens (including phenoxy) is 1. The molecule has 18 heavy (non-hydrogen) atoms. The molecule has 1 aromatic heterocycles. The monoisotopic (exact) mass is 252 g/mol. The number of aryl methyl sites for hydroxylation is 1. The first-order chi connectivity index (χ1) is 8.45. The smallest absolute Gasteiger partial charge is 0.343 e. The molecule has 6 nitrogen and oxygen atoms in total. The molecular formula is C12H12O6. The summed E-state index contributed by atoms with van der Waals surface area (Å²) in [6.45, 7) is 3.27. The summed E-state index contributed by atoms with van der Waals surface area (Å²) in [6, 6.07) is 1.43. The third kappa shape index (κ3) is 1.79. The lowest BCUT2D eigenvalue weighted by atomic mass is 9.82. The summed E-state index contributed by atoms with van der Waals surface area (Å²) >= 11 is 0. The molecule has 2 atom stereocenters. The largest absolute Gasteiger partial charge is 0.481 e. The van der Waals surface area contributed by atoms with Crippen LogP contribution >= 0.6 is 0 Å². The number of fused-ring (bicyclic) bond motifs is 1. The van der Waals surface area contributed by atoms with Crippen LogP contribution in [0.2, 0.25) is 0 Å². The maximum Gasteiger partial charge on any atom is 0.343 e. The number of rotatable bonds is 2. The molecule has 1 aromatic rings. The molecule has 6 heteroatoms. The molecule has 0 amide bonds. The molecule has 1 aliphatic heterocycles. The van der Waals surface area contributed by atoms with Crippen LogP contribution in [0.25, 0.3) is 0 Å². The molecule has 2 rings (SSSR count). The van der Waals surface area contributed by atoms with Crippen LogP contribution in [-0.4, -0.2) is 17.0 Å².